The molecular formula is C16H22F3NO2. The Morgan fingerprint density at radius 2 is 1.86 bits per heavy atom. The van der Waals surface area contributed by atoms with Gasteiger partial charge in [-0.25, -0.2) is 0 Å². The van der Waals surface area contributed by atoms with Gasteiger partial charge < -0.3 is 9.84 Å². The van der Waals surface area contributed by atoms with E-state index in [2.05, 4.69) is 4.90 Å². The van der Waals surface area contributed by atoms with Gasteiger partial charge in [0.1, 0.15) is 0 Å². The van der Waals surface area contributed by atoms with Gasteiger partial charge in [0.2, 0.25) is 0 Å². The number of hydrogen-bond donors (Lipinski definition) is 1. The standard InChI is InChI=1S/C16H22F3NO2/c1-12(21)10-13(11-20-6-8-22-9-7-20)14-4-2-3-5-15(14)16(17,18)19/h2-5,12-13,21H,6-11H2,1H3. The molecule has 0 aliphatic carbocycles. The predicted octanol–water partition coefficient (Wildman–Crippen LogP) is 2.89. The summed E-state index contributed by atoms with van der Waals surface area (Å²) < 4.78 is 45.0. The SMILES string of the molecule is CC(O)CC(CN1CCOCC1)c1ccccc1C(F)(F)F. The number of rotatable bonds is 5. The van der Waals surface area contributed by atoms with Gasteiger partial charge in [-0.05, 0) is 30.9 Å². The van der Waals surface area contributed by atoms with Crippen molar-refractivity contribution in [2.45, 2.75) is 31.5 Å². The van der Waals surface area contributed by atoms with Crippen LogP contribution in [-0.4, -0.2) is 49.0 Å². The van der Waals surface area contributed by atoms with Crippen molar-refractivity contribution in [3.8, 4) is 0 Å². The summed E-state index contributed by atoms with van der Waals surface area (Å²) >= 11 is 0. The van der Waals surface area contributed by atoms with Crippen LogP contribution in [-0.2, 0) is 10.9 Å². The highest BCUT2D eigenvalue weighted by Crippen LogP contribution is 2.37. The summed E-state index contributed by atoms with van der Waals surface area (Å²) in [6.07, 6.45) is -4.71. The van der Waals surface area contributed by atoms with Crippen molar-refractivity contribution in [1.29, 1.82) is 0 Å². The summed E-state index contributed by atoms with van der Waals surface area (Å²) in [6.45, 7) is 4.74. The summed E-state index contributed by atoms with van der Waals surface area (Å²) in [5.41, 5.74) is -0.337. The molecule has 1 aromatic carbocycles. The second-order valence-corrected chi connectivity index (χ2v) is 5.78. The Morgan fingerprint density at radius 3 is 2.45 bits per heavy atom. The third kappa shape index (κ3) is 4.69. The maximum Gasteiger partial charge on any atom is 0.416 e. The fraction of sp³-hybridized carbons (Fsp3) is 0.625. The fourth-order valence-electron chi connectivity index (χ4n) is 2.92. The molecule has 0 amide bonds. The van der Waals surface area contributed by atoms with Crippen LogP contribution in [0.3, 0.4) is 0 Å². The van der Waals surface area contributed by atoms with Crippen molar-refractivity contribution in [2.75, 3.05) is 32.8 Å². The minimum atomic E-state index is -4.38. The number of benzene rings is 1. The number of aliphatic hydroxyl groups is 1. The summed E-state index contributed by atoms with van der Waals surface area (Å²) in [4.78, 5) is 2.10. The molecule has 1 aliphatic heterocycles. The van der Waals surface area contributed by atoms with Crippen LogP contribution in [0.15, 0.2) is 24.3 Å². The maximum atomic E-state index is 13.2. The van der Waals surface area contributed by atoms with Crippen LogP contribution in [0, 0.1) is 0 Å². The zero-order chi connectivity index (χ0) is 16.2. The van der Waals surface area contributed by atoms with Crippen LogP contribution >= 0.6 is 0 Å². The van der Waals surface area contributed by atoms with Gasteiger partial charge in [0, 0.05) is 19.6 Å². The van der Waals surface area contributed by atoms with E-state index in [0.717, 1.165) is 6.07 Å². The predicted molar refractivity (Wildman–Crippen MR) is 77.7 cm³/mol. The molecule has 1 heterocycles. The van der Waals surface area contributed by atoms with E-state index in [1.165, 1.54) is 12.1 Å². The minimum Gasteiger partial charge on any atom is -0.393 e. The van der Waals surface area contributed by atoms with Gasteiger partial charge in [0.05, 0.1) is 24.9 Å². The molecule has 2 rings (SSSR count). The number of morpholine rings is 1. The smallest absolute Gasteiger partial charge is 0.393 e. The Bertz CT molecular complexity index is 471. The van der Waals surface area contributed by atoms with E-state index in [0.29, 0.717) is 39.3 Å². The third-order valence-corrected chi connectivity index (χ3v) is 3.91. The molecule has 6 heteroatoms. The monoisotopic (exact) mass is 317 g/mol. The number of hydrogen-bond acceptors (Lipinski definition) is 3. The molecule has 0 radical (unpaired) electrons. The molecule has 0 saturated carbocycles. The van der Waals surface area contributed by atoms with Crippen LogP contribution in [0.4, 0.5) is 13.2 Å². The zero-order valence-electron chi connectivity index (χ0n) is 12.6. The van der Waals surface area contributed by atoms with Crippen molar-refractivity contribution < 1.29 is 23.0 Å². The van der Waals surface area contributed by atoms with E-state index in [1.807, 2.05) is 0 Å². The lowest BCUT2D eigenvalue weighted by Gasteiger charge is -2.32. The Morgan fingerprint density at radius 1 is 1.23 bits per heavy atom. The molecule has 3 nitrogen and oxygen atoms in total. The summed E-state index contributed by atoms with van der Waals surface area (Å²) in [6, 6.07) is 5.67. The Labute approximate surface area is 128 Å². The first-order valence-corrected chi connectivity index (χ1v) is 7.52. The number of alkyl halides is 3. The molecule has 0 aromatic heterocycles. The van der Waals surface area contributed by atoms with Gasteiger partial charge in [-0.15, -0.1) is 0 Å². The Balaban J connectivity index is 2.24. The fourth-order valence-corrected chi connectivity index (χ4v) is 2.92. The highest BCUT2D eigenvalue weighted by atomic mass is 19.4. The van der Waals surface area contributed by atoms with Gasteiger partial charge in [-0.1, -0.05) is 18.2 Å². The van der Waals surface area contributed by atoms with E-state index in [4.69, 9.17) is 4.74 Å². The van der Waals surface area contributed by atoms with Gasteiger partial charge >= 0.3 is 6.18 Å². The first-order chi connectivity index (χ1) is 10.4. The summed E-state index contributed by atoms with van der Waals surface area (Å²) in [5.74, 6) is -0.351. The number of nitrogens with zero attached hydrogens (tertiary/aromatic N) is 1. The molecule has 124 valence electrons. The molecule has 1 aliphatic rings. The van der Waals surface area contributed by atoms with Crippen LogP contribution in [0.2, 0.25) is 0 Å². The number of aliphatic hydroxyl groups excluding tert-OH is 1. The second-order valence-electron chi connectivity index (χ2n) is 5.78. The van der Waals surface area contributed by atoms with E-state index in [9.17, 15) is 18.3 Å². The van der Waals surface area contributed by atoms with E-state index in [-0.39, 0.29) is 11.5 Å². The minimum absolute atomic E-state index is 0.266. The first-order valence-electron chi connectivity index (χ1n) is 7.52. The first kappa shape index (κ1) is 17.2. The molecule has 0 bridgehead atoms. The molecule has 2 unspecified atom stereocenters. The van der Waals surface area contributed by atoms with E-state index < -0.39 is 17.8 Å². The number of halogens is 3. The Kier molecular flexibility index (Phi) is 5.83. The molecular weight excluding hydrogens is 295 g/mol. The zero-order valence-corrected chi connectivity index (χ0v) is 12.6. The quantitative estimate of drug-likeness (QED) is 0.906. The van der Waals surface area contributed by atoms with Crippen LogP contribution in [0.5, 0.6) is 0 Å². The lowest BCUT2D eigenvalue weighted by molar-refractivity contribution is -0.138. The van der Waals surface area contributed by atoms with Gasteiger partial charge in [-0.2, -0.15) is 13.2 Å². The molecule has 22 heavy (non-hydrogen) atoms. The highest BCUT2D eigenvalue weighted by molar-refractivity contribution is 5.33. The Hall–Kier alpha value is -1.11. The second kappa shape index (κ2) is 7.44. The lowest BCUT2D eigenvalue weighted by atomic mass is 9.89. The van der Waals surface area contributed by atoms with Crippen LogP contribution in [0.25, 0.3) is 0 Å². The van der Waals surface area contributed by atoms with Gasteiger partial charge in [-0.3, -0.25) is 4.90 Å². The molecule has 0 spiro atoms. The molecule has 2 atom stereocenters. The summed E-state index contributed by atoms with van der Waals surface area (Å²) in [5, 5.41) is 9.68. The van der Waals surface area contributed by atoms with Crippen molar-refractivity contribution >= 4 is 0 Å². The third-order valence-electron chi connectivity index (χ3n) is 3.91. The molecule has 1 saturated heterocycles. The molecule has 1 N–H and O–H groups in total. The van der Waals surface area contributed by atoms with E-state index >= 15 is 0 Å². The number of ether oxygens (including phenoxy) is 1. The van der Waals surface area contributed by atoms with Gasteiger partial charge in [0.15, 0.2) is 0 Å². The normalized spacial score (nSPS) is 19.9. The molecule has 1 aromatic rings. The molecule has 1 fully saturated rings. The summed E-state index contributed by atoms with van der Waals surface area (Å²) in [7, 11) is 0. The van der Waals surface area contributed by atoms with E-state index in [1.54, 1.807) is 13.0 Å². The van der Waals surface area contributed by atoms with Crippen molar-refractivity contribution in [3.05, 3.63) is 35.4 Å². The maximum absolute atomic E-state index is 13.2. The average Bonchev–Trinajstić information content (AvgIpc) is 2.46. The largest absolute Gasteiger partial charge is 0.416 e. The topological polar surface area (TPSA) is 32.7 Å². The van der Waals surface area contributed by atoms with Crippen LogP contribution < -0.4 is 0 Å². The van der Waals surface area contributed by atoms with Gasteiger partial charge in [0.25, 0.3) is 0 Å². The lowest BCUT2D eigenvalue weighted by Crippen LogP contribution is -2.39. The van der Waals surface area contributed by atoms with Crippen molar-refractivity contribution in [3.63, 3.8) is 0 Å². The van der Waals surface area contributed by atoms with Crippen LogP contribution in [0.1, 0.15) is 30.4 Å². The average molecular weight is 317 g/mol. The van der Waals surface area contributed by atoms with Crippen molar-refractivity contribution in [2.24, 2.45) is 0 Å². The van der Waals surface area contributed by atoms with Crippen molar-refractivity contribution in [1.82, 2.24) is 4.90 Å². The highest BCUT2D eigenvalue weighted by Gasteiger charge is 2.35.